The van der Waals surface area contributed by atoms with Crippen molar-refractivity contribution in [1.82, 2.24) is 15.1 Å². The van der Waals surface area contributed by atoms with Gasteiger partial charge in [-0.05, 0) is 6.07 Å². The predicted molar refractivity (Wildman–Crippen MR) is 78.0 cm³/mol. The Labute approximate surface area is 126 Å². The van der Waals surface area contributed by atoms with E-state index < -0.39 is 20.6 Å². The van der Waals surface area contributed by atoms with Crippen molar-refractivity contribution in [3.63, 3.8) is 0 Å². The molecule has 0 saturated carbocycles. The molecule has 1 aliphatic heterocycles. The Morgan fingerprint density at radius 3 is 2.68 bits per heavy atom. The van der Waals surface area contributed by atoms with E-state index in [1.54, 1.807) is 4.68 Å². The molecule has 1 aliphatic rings. The molecule has 0 atom stereocenters. The van der Waals surface area contributed by atoms with Gasteiger partial charge in [0.05, 0.1) is 17.2 Å². The van der Waals surface area contributed by atoms with Gasteiger partial charge < -0.3 is 5.32 Å². The first kappa shape index (κ1) is 14.5. The molecule has 2 heterocycles. The van der Waals surface area contributed by atoms with Crippen molar-refractivity contribution in [3.8, 4) is 0 Å². The van der Waals surface area contributed by atoms with Crippen LogP contribution in [0.1, 0.15) is 6.04 Å². The number of nitro benzene ring substituents is 1. The summed E-state index contributed by atoms with van der Waals surface area (Å²) in [5, 5.41) is 18.1. The molecule has 2 N–H and O–H groups in total. The van der Waals surface area contributed by atoms with E-state index in [0.29, 0.717) is 13.1 Å². The monoisotopic (exact) mass is 323 g/mol. The highest BCUT2D eigenvalue weighted by atomic mass is 32.2. The summed E-state index contributed by atoms with van der Waals surface area (Å²) in [4.78, 5) is 9.89. The number of hydrogen-bond donors (Lipinski definition) is 2. The van der Waals surface area contributed by atoms with Crippen LogP contribution in [0, 0.1) is 10.1 Å². The number of hydrogen-bond acceptors (Lipinski definition) is 6. The van der Waals surface area contributed by atoms with Crippen molar-refractivity contribution in [2.45, 2.75) is 10.9 Å². The number of nitro groups is 1. The molecule has 2 aromatic rings. The van der Waals surface area contributed by atoms with E-state index >= 15 is 0 Å². The van der Waals surface area contributed by atoms with Crippen LogP contribution in [0.5, 0.6) is 0 Å². The minimum atomic E-state index is -4.07. The van der Waals surface area contributed by atoms with Crippen LogP contribution < -0.4 is 10.0 Å². The normalized spacial score (nSPS) is 15.3. The molecule has 0 aliphatic carbocycles. The Balaban J connectivity index is 1.95. The fraction of sp³-hybridized carbons (Fsp3) is 0.250. The lowest BCUT2D eigenvalue weighted by molar-refractivity contribution is -0.387. The van der Waals surface area contributed by atoms with Gasteiger partial charge in [0.25, 0.3) is 15.7 Å². The Morgan fingerprint density at radius 2 is 2.05 bits per heavy atom. The molecule has 10 heteroatoms. The van der Waals surface area contributed by atoms with E-state index in [0.717, 1.165) is 6.07 Å². The van der Waals surface area contributed by atoms with Crippen LogP contribution in [-0.2, 0) is 10.0 Å². The first-order valence-electron chi connectivity index (χ1n) is 6.49. The van der Waals surface area contributed by atoms with Gasteiger partial charge in [-0.25, -0.2) is 13.1 Å². The largest absolute Gasteiger partial charge is 0.312 e. The average molecular weight is 323 g/mol. The number of benzene rings is 1. The summed E-state index contributed by atoms with van der Waals surface area (Å²) >= 11 is 0. The third kappa shape index (κ3) is 2.53. The summed E-state index contributed by atoms with van der Waals surface area (Å²) in [5.74, 6) is 0.282. The zero-order valence-corrected chi connectivity index (χ0v) is 12.2. The van der Waals surface area contributed by atoms with Gasteiger partial charge in [0.15, 0.2) is 4.90 Å². The Bertz CT molecular complexity index is 812. The molecule has 0 spiro atoms. The van der Waals surface area contributed by atoms with Crippen molar-refractivity contribution in [2.24, 2.45) is 0 Å². The lowest BCUT2D eigenvalue weighted by atomic mass is 10.2. The molecular weight excluding hydrogens is 310 g/mol. The molecule has 116 valence electrons. The highest BCUT2D eigenvalue weighted by Crippen LogP contribution is 2.26. The number of aromatic nitrogens is 2. The van der Waals surface area contributed by atoms with Gasteiger partial charge >= 0.3 is 0 Å². The van der Waals surface area contributed by atoms with Crippen LogP contribution in [0.4, 0.5) is 11.5 Å². The fourth-order valence-electron chi connectivity index (χ4n) is 2.16. The third-order valence-corrected chi connectivity index (χ3v) is 4.77. The van der Waals surface area contributed by atoms with E-state index in [2.05, 4.69) is 15.1 Å². The molecule has 0 radical (unpaired) electrons. The lowest BCUT2D eigenvalue weighted by Gasteiger charge is -2.28. The number of para-hydroxylation sites is 1. The lowest BCUT2D eigenvalue weighted by Crippen LogP contribution is -2.44. The van der Waals surface area contributed by atoms with Crippen molar-refractivity contribution >= 4 is 21.5 Å². The van der Waals surface area contributed by atoms with Gasteiger partial charge in [0.1, 0.15) is 5.82 Å². The van der Waals surface area contributed by atoms with Crippen LogP contribution in [0.25, 0.3) is 0 Å². The number of rotatable bonds is 5. The third-order valence-electron chi connectivity index (χ3n) is 3.37. The molecule has 9 nitrogen and oxygen atoms in total. The molecule has 1 aromatic carbocycles. The van der Waals surface area contributed by atoms with Crippen LogP contribution in [0.15, 0.2) is 41.4 Å². The molecule has 0 unspecified atom stereocenters. The van der Waals surface area contributed by atoms with Crippen molar-refractivity contribution < 1.29 is 13.3 Å². The predicted octanol–water partition coefficient (Wildman–Crippen LogP) is 0.736. The van der Waals surface area contributed by atoms with Gasteiger partial charge in [-0.2, -0.15) is 5.10 Å². The molecule has 0 amide bonds. The van der Waals surface area contributed by atoms with Crippen LogP contribution in [-0.4, -0.2) is 36.2 Å². The second-order valence-corrected chi connectivity index (χ2v) is 6.45. The van der Waals surface area contributed by atoms with E-state index in [-0.39, 0.29) is 16.8 Å². The molecule has 1 aromatic heterocycles. The SMILES string of the molecule is O=[N+]([O-])c1ccccc1S(=O)(=O)Nc1ccnn1C1CNC1. The number of sulfonamides is 1. The summed E-state index contributed by atoms with van der Waals surface area (Å²) in [6.07, 6.45) is 1.48. The maximum atomic E-state index is 12.4. The number of anilines is 1. The second kappa shape index (κ2) is 5.39. The van der Waals surface area contributed by atoms with Crippen molar-refractivity contribution in [2.75, 3.05) is 17.8 Å². The maximum Gasteiger partial charge on any atom is 0.289 e. The average Bonchev–Trinajstić information content (AvgIpc) is 2.84. The Morgan fingerprint density at radius 1 is 1.32 bits per heavy atom. The van der Waals surface area contributed by atoms with Gasteiger partial charge in [-0.1, -0.05) is 12.1 Å². The summed E-state index contributed by atoms with van der Waals surface area (Å²) in [6.45, 7) is 1.39. The minimum Gasteiger partial charge on any atom is -0.312 e. The van der Waals surface area contributed by atoms with E-state index in [9.17, 15) is 18.5 Å². The van der Waals surface area contributed by atoms with Gasteiger partial charge in [-0.15, -0.1) is 0 Å². The number of nitrogens with zero attached hydrogens (tertiary/aromatic N) is 3. The van der Waals surface area contributed by atoms with Crippen LogP contribution in [0.2, 0.25) is 0 Å². The Hall–Kier alpha value is -2.46. The summed E-state index contributed by atoms with van der Waals surface area (Å²) in [5.41, 5.74) is -0.466. The van der Waals surface area contributed by atoms with Crippen molar-refractivity contribution in [1.29, 1.82) is 0 Å². The zero-order chi connectivity index (χ0) is 15.7. The maximum absolute atomic E-state index is 12.4. The summed E-state index contributed by atoms with van der Waals surface area (Å²) in [7, 11) is -4.07. The Kier molecular flexibility index (Phi) is 3.54. The van der Waals surface area contributed by atoms with Gasteiger partial charge in [-0.3, -0.25) is 14.8 Å². The summed E-state index contributed by atoms with van der Waals surface area (Å²) < 4.78 is 28.8. The van der Waals surface area contributed by atoms with E-state index in [1.165, 1.54) is 30.5 Å². The quantitative estimate of drug-likeness (QED) is 0.618. The standard InChI is InChI=1S/C12H13N5O4S/c18-17(19)10-3-1-2-4-11(10)22(20,21)15-12-5-6-14-16(12)9-7-13-8-9/h1-6,9,13,15H,7-8H2. The molecular formula is C12H13N5O4S. The molecule has 22 heavy (non-hydrogen) atoms. The molecule has 1 fully saturated rings. The topological polar surface area (TPSA) is 119 Å². The zero-order valence-electron chi connectivity index (χ0n) is 11.3. The smallest absolute Gasteiger partial charge is 0.289 e. The highest BCUT2D eigenvalue weighted by molar-refractivity contribution is 7.92. The van der Waals surface area contributed by atoms with Gasteiger partial charge in [0.2, 0.25) is 0 Å². The van der Waals surface area contributed by atoms with Crippen molar-refractivity contribution in [3.05, 3.63) is 46.6 Å². The fourth-order valence-corrected chi connectivity index (χ4v) is 3.38. The molecule has 3 rings (SSSR count). The van der Waals surface area contributed by atoms with Gasteiger partial charge in [0, 0.05) is 25.2 Å². The number of nitrogens with one attached hydrogen (secondary N) is 2. The van der Waals surface area contributed by atoms with E-state index in [4.69, 9.17) is 0 Å². The molecule has 0 bridgehead atoms. The van der Waals surface area contributed by atoms with Crippen LogP contribution in [0.3, 0.4) is 0 Å². The first-order chi connectivity index (χ1) is 10.5. The van der Waals surface area contributed by atoms with E-state index in [1.807, 2.05) is 0 Å². The molecule has 1 saturated heterocycles. The van der Waals surface area contributed by atoms with Crippen LogP contribution >= 0.6 is 0 Å². The minimum absolute atomic E-state index is 0.0680. The highest BCUT2D eigenvalue weighted by Gasteiger charge is 2.28. The first-order valence-corrected chi connectivity index (χ1v) is 7.98. The summed E-state index contributed by atoms with van der Waals surface area (Å²) in [6, 6.07) is 6.80. The second-order valence-electron chi connectivity index (χ2n) is 4.80.